The van der Waals surface area contributed by atoms with Crippen LogP contribution in [-0.4, -0.2) is 0 Å². The van der Waals surface area contributed by atoms with Gasteiger partial charge in [0.1, 0.15) is 0 Å². The van der Waals surface area contributed by atoms with Gasteiger partial charge in [-0.25, -0.2) is 0 Å². The summed E-state index contributed by atoms with van der Waals surface area (Å²) in [5, 5.41) is 0. The van der Waals surface area contributed by atoms with Crippen molar-refractivity contribution >= 4 is 31.9 Å². The van der Waals surface area contributed by atoms with E-state index < -0.39 is 0 Å². The van der Waals surface area contributed by atoms with Gasteiger partial charge in [0.2, 0.25) is 0 Å². The van der Waals surface area contributed by atoms with E-state index in [-0.39, 0.29) is 0 Å². The number of rotatable bonds is 2. The van der Waals surface area contributed by atoms with E-state index in [0.29, 0.717) is 0 Å². The predicted molar refractivity (Wildman–Crippen MR) is 158 cm³/mol. The van der Waals surface area contributed by atoms with Gasteiger partial charge in [-0.05, 0) is 90.5 Å². The predicted octanol–water partition coefficient (Wildman–Crippen LogP) is 9.35. The van der Waals surface area contributed by atoms with E-state index in [9.17, 15) is 0 Å². The molecule has 5 aromatic rings. The molecule has 0 amide bonds. The number of hydrogen-bond acceptors (Lipinski definition) is 0. The second-order valence-corrected chi connectivity index (χ2v) is 9.91. The molecule has 2 heteroatoms. The molecule has 0 aromatic heterocycles. The molecule has 36 heavy (non-hydrogen) atoms. The number of halogens is 2. The van der Waals surface area contributed by atoms with Crippen LogP contribution in [0.1, 0.15) is 22.3 Å². The summed E-state index contributed by atoms with van der Waals surface area (Å²) in [6.07, 6.45) is 0. The van der Waals surface area contributed by atoms with Gasteiger partial charge in [0.15, 0.2) is 0 Å². The molecule has 0 aliphatic rings. The largest absolute Gasteiger partial charge is 0.0622 e. The van der Waals surface area contributed by atoms with Gasteiger partial charge in [0, 0.05) is 31.2 Å². The maximum Gasteiger partial charge on any atom is 0.0403 e. The summed E-state index contributed by atoms with van der Waals surface area (Å²) in [4.78, 5) is 0. The number of hydrogen-bond donors (Lipinski definition) is 0. The van der Waals surface area contributed by atoms with Crippen LogP contribution < -0.4 is 0 Å². The highest BCUT2D eigenvalue weighted by atomic mass is 79.9. The Labute approximate surface area is 229 Å². The molecule has 0 atom stereocenters. The van der Waals surface area contributed by atoms with Crippen molar-refractivity contribution < 1.29 is 0 Å². The number of benzene rings is 5. The lowest BCUT2D eigenvalue weighted by molar-refractivity contribution is 1.50. The minimum absolute atomic E-state index is 0.909. The summed E-state index contributed by atoms with van der Waals surface area (Å²) in [5.41, 5.74) is 8.53. The molecule has 5 aromatic carbocycles. The fourth-order valence-corrected chi connectivity index (χ4v) is 4.66. The Bertz CT molecular complexity index is 1480. The molecule has 170 valence electrons. The van der Waals surface area contributed by atoms with E-state index in [1.807, 2.05) is 48.5 Å². The van der Waals surface area contributed by atoms with Crippen molar-refractivity contribution in [3.05, 3.63) is 153 Å². The van der Waals surface area contributed by atoms with Crippen LogP contribution in [0.2, 0.25) is 0 Å². The molecular formula is C34H20Br2. The maximum absolute atomic E-state index is 3.67. The summed E-state index contributed by atoms with van der Waals surface area (Å²) >= 11 is 7.34. The monoisotopic (exact) mass is 586 g/mol. The third-order valence-corrected chi connectivity index (χ3v) is 7.04. The van der Waals surface area contributed by atoms with Crippen LogP contribution in [0.25, 0.3) is 22.3 Å². The minimum Gasteiger partial charge on any atom is -0.0622 e. The molecule has 0 nitrogen and oxygen atoms in total. The maximum atomic E-state index is 3.67. The van der Waals surface area contributed by atoms with Crippen LogP contribution in [0, 0.1) is 23.7 Å². The van der Waals surface area contributed by atoms with Gasteiger partial charge in [-0.1, -0.05) is 109 Å². The van der Waals surface area contributed by atoms with Crippen molar-refractivity contribution in [2.24, 2.45) is 0 Å². The first-order valence-corrected chi connectivity index (χ1v) is 13.1. The molecule has 0 fully saturated rings. The van der Waals surface area contributed by atoms with E-state index in [0.717, 1.165) is 31.2 Å². The molecule has 0 spiro atoms. The molecule has 0 saturated heterocycles. The van der Waals surface area contributed by atoms with E-state index in [2.05, 4.69) is 128 Å². The highest BCUT2D eigenvalue weighted by Gasteiger charge is 2.04. The van der Waals surface area contributed by atoms with Crippen molar-refractivity contribution in [3.8, 4) is 45.9 Å². The van der Waals surface area contributed by atoms with E-state index in [4.69, 9.17) is 0 Å². The molecule has 0 aliphatic heterocycles. The molecule has 5 rings (SSSR count). The average molecular weight is 588 g/mol. The van der Waals surface area contributed by atoms with Crippen LogP contribution in [0.4, 0.5) is 0 Å². The van der Waals surface area contributed by atoms with Gasteiger partial charge in [-0.3, -0.25) is 0 Å². The zero-order chi connectivity index (χ0) is 24.7. The molecule has 0 aliphatic carbocycles. The SMILES string of the molecule is Brc1cc(C#Cc2ccc(-c3ccccc3)cc2)c(Br)cc1C#Cc1ccc(-c2ccccc2)cc1. The van der Waals surface area contributed by atoms with Crippen molar-refractivity contribution in [2.45, 2.75) is 0 Å². The fraction of sp³-hybridized carbons (Fsp3) is 0. The molecular weight excluding hydrogens is 568 g/mol. The van der Waals surface area contributed by atoms with Crippen LogP contribution in [0.3, 0.4) is 0 Å². The summed E-state index contributed by atoms with van der Waals surface area (Å²) in [6.45, 7) is 0. The van der Waals surface area contributed by atoms with E-state index in [1.54, 1.807) is 0 Å². The summed E-state index contributed by atoms with van der Waals surface area (Å²) in [7, 11) is 0. The molecule has 0 saturated carbocycles. The third-order valence-electron chi connectivity index (χ3n) is 5.72. The normalized spacial score (nSPS) is 10.1. The topological polar surface area (TPSA) is 0 Å². The summed E-state index contributed by atoms with van der Waals surface area (Å²) in [5.74, 6) is 13.1. The van der Waals surface area contributed by atoms with Gasteiger partial charge in [0.25, 0.3) is 0 Å². The lowest BCUT2D eigenvalue weighted by atomic mass is 10.0. The first kappa shape index (κ1) is 23.9. The summed E-state index contributed by atoms with van der Waals surface area (Å²) < 4.78 is 1.84. The molecule has 0 heterocycles. The first-order valence-electron chi connectivity index (χ1n) is 11.5. The Morgan fingerprint density at radius 1 is 0.361 bits per heavy atom. The van der Waals surface area contributed by atoms with E-state index in [1.165, 1.54) is 22.3 Å². The highest BCUT2D eigenvalue weighted by molar-refractivity contribution is 9.11. The van der Waals surface area contributed by atoms with Crippen LogP contribution in [0.5, 0.6) is 0 Å². The Hall–Kier alpha value is -3.82. The zero-order valence-corrected chi connectivity index (χ0v) is 22.5. The quantitative estimate of drug-likeness (QED) is 0.180. The molecule has 0 radical (unpaired) electrons. The lowest BCUT2D eigenvalue weighted by Crippen LogP contribution is -1.85. The second-order valence-electron chi connectivity index (χ2n) is 8.20. The first-order chi connectivity index (χ1) is 17.7. The van der Waals surface area contributed by atoms with Crippen LogP contribution in [0.15, 0.2) is 130 Å². The smallest absolute Gasteiger partial charge is 0.0403 e. The zero-order valence-electron chi connectivity index (χ0n) is 19.3. The van der Waals surface area contributed by atoms with E-state index >= 15 is 0 Å². The summed E-state index contributed by atoms with van der Waals surface area (Å²) in [6, 6.07) is 41.4. The lowest BCUT2D eigenvalue weighted by Gasteiger charge is -2.03. The van der Waals surface area contributed by atoms with Crippen LogP contribution in [-0.2, 0) is 0 Å². The molecule has 0 bridgehead atoms. The van der Waals surface area contributed by atoms with Gasteiger partial charge < -0.3 is 0 Å². The highest BCUT2D eigenvalue weighted by Crippen LogP contribution is 2.26. The molecule has 0 N–H and O–H groups in total. The van der Waals surface area contributed by atoms with Gasteiger partial charge in [-0.15, -0.1) is 0 Å². The Kier molecular flexibility index (Phi) is 7.49. The van der Waals surface area contributed by atoms with Gasteiger partial charge in [0.05, 0.1) is 0 Å². The Balaban J connectivity index is 1.32. The fourth-order valence-electron chi connectivity index (χ4n) is 3.77. The van der Waals surface area contributed by atoms with Crippen molar-refractivity contribution in [1.82, 2.24) is 0 Å². The van der Waals surface area contributed by atoms with Crippen molar-refractivity contribution in [1.29, 1.82) is 0 Å². The third kappa shape index (κ3) is 5.87. The molecule has 0 unspecified atom stereocenters. The van der Waals surface area contributed by atoms with Crippen LogP contribution >= 0.6 is 31.9 Å². The van der Waals surface area contributed by atoms with Crippen molar-refractivity contribution in [3.63, 3.8) is 0 Å². The second kappa shape index (κ2) is 11.3. The Morgan fingerprint density at radius 2 is 0.694 bits per heavy atom. The Morgan fingerprint density at radius 3 is 1.06 bits per heavy atom. The van der Waals surface area contributed by atoms with Gasteiger partial charge in [-0.2, -0.15) is 0 Å². The van der Waals surface area contributed by atoms with Gasteiger partial charge >= 0.3 is 0 Å². The average Bonchev–Trinajstić information content (AvgIpc) is 2.94. The minimum atomic E-state index is 0.909. The standard InChI is InChI=1S/C34H20Br2/c35-33-24-32(22-16-26-13-19-30(20-14-26)28-9-5-2-6-10-28)34(36)23-31(33)21-15-25-11-17-29(18-12-25)27-7-3-1-4-8-27/h1-14,17-20,23-24H. The van der Waals surface area contributed by atoms with Crippen molar-refractivity contribution in [2.75, 3.05) is 0 Å².